The van der Waals surface area contributed by atoms with E-state index in [0.717, 1.165) is 46.3 Å². The van der Waals surface area contributed by atoms with E-state index in [4.69, 9.17) is 4.74 Å². The Morgan fingerprint density at radius 1 is 1.47 bits per heavy atom. The number of carboxylic acids is 1. The SMILES string of the molecule is COc1ccc(C)c2c3c([nH]c12)CCCC3C(=O)O. The Kier molecular flexibility index (Phi) is 2.73. The van der Waals surface area contributed by atoms with Gasteiger partial charge in [-0.2, -0.15) is 0 Å². The molecule has 0 spiro atoms. The maximum atomic E-state index is 11.5. The Bertz CT molecular complexity index is 657. The average molecular weight is 259 g/mol. The highest BCUT2D eigenvalue weighted by Gasteiger charge is 2.31. The molecule has 1 unspecified atom stereocenters. The van der Waals surface area contributed by atoms with Crippen LogP contribution in [0.25, 0.3) is 10.9 Å². The molecule has 0 fully saturated rings. The molecular formula is C15H17NO3. The number of carboxylic acid groups (broad SMARTS) is 1. The van der Waals surface area contributed by atoms with E-state index in [-0.39, 0.29) is 0 Å². The normalized spacial score (nSPS) is 18.3. The fourth-order valence-electron chi connectivity index (χ4n) is 3.15. The zero-order valence-corrected chi connectivity index (χ0v) is 11.1. The monoisotopic (exact) mass is 259 g/mol. The maximum absolute atomic E-state index is 11.5. The van der Waals surface area contributed by atoms with Gasteiger partial charge in [-0.15, -0.1) is 0 Å². The Balaban J connectivity index is 2.35. The van der Waals surface area contributed by atoms with Gasteiger partial charge in [-0.05, 0) is 43.4 Å². The van der Waals surface area contributed by atoms with Gasteiger partial charge in [-0.25, -0.2) is 0 Å². The smallest absolute Gasteiger partial charge is 0.311 e. The largest absolute Gasteiger partial charge is 0.495 e. The van der Waals surface area contributed by atoms with Crippen molar-refractivity contribution in [2.75, 3.05) is 7.11 Å². The van der Waals surface area contributed by atoms with Crippen LogP contribution in [0.5, 0.6) is 5.75 Å². The quantitative estimate of drug-likeness (QED) is 0.871. The summed E-state index contributed by atoms with van der Waals surface area (Å²) >= 11 is 0. The third-order valence-electron chi connectivity index (χ3n) is 4.03. The number of aromatic amines is 1. The summed E-state index contributed by atoms with van der Waals surface area (Å²) in [4.78, 5) is 14.9. The third kappa shape index (κ3) is 1.70. The first-order chi connectivity index (χ1) is 9.13. The van der Waals surface area contributed by atoms with Crippen molar-refractivity contribution in [1.82, 2.24) is 4.98 Å². The van der Waals surface area contributed by atoms with Crippen molar-refractivity contribution in [2.45, 2.75) is 32.1 Å². The van der Waals surface area contributed by atoms with E-state index in [0.29, 0.717) is 6.42 Å². The zero-order chi connectivity index (χ0) is 13.6. The fourth-order valence-corrected chi connectivity index (χ4v) is 3.15. The van der Waals surface area contributed by atoms with Crippen LogP contribution in [0, 0.1) is 6.92 Å². The Morgan fingerprint density at radius 2 is 2.26 bits per heavy atom. The van der Waals surface area contributed by atoms with Crippen molar-refractivity contribution in [3.63, 3.8) is 0 Å². The maximum Gasteiger partial charge on any atom is 0.311 e. The molecule has 1 heterocycles. The third-order valence-corrected chi connectivity index (χ3v) is 4.03. The molecule has 2 aromatic rings. The standard InChI is InChI=1S/C15H17NO3/c1-8-6-7-11(19-2)14-12(8)13-9(15(17)18)4-3-5-10(13)16-14/h6-7,9,16H,3-5H2,1-2H3,(H,17,18). The second-order valence-corrected chi connectivity index (χ2v) is 5.14. The predicted octanol–water partition coefficient (Wildman–Crippen LogP) is 2.99. The van der Waals surface area contributed by atoms with Crippen LogP contribution >= 0.6 is 0 Å². The lowest BCUT2D eigenvalue weighted by atomic mass is 9.84. The van der Waals surface area contributed by atoms with Gasteiger partial charge in [0, 0.05) is 11.1 Å². The van der Waals surface area contributed by atoms with Crippen molar-refractivity contribution in [1.29, 1.82) is 0 Å². The summed E-state index contributed by atoms with van der Waals surface area (Å²) in [5, 5.41) is 10.5. The summed E-state index contributed by atoms with van der Waals surface area (Å²) in [7, 11) is 1.64. The van der Waals surface area contributed by atoms with Gasteiger partial charge in [-0.1, -0.05) is 6.07 Å². The Hall–Kier alpha value is -1.97. The highest BCUT2D eigenvalue weighted by atomic mass is 16.5. The number of hydrogen-bond acceptors (Lipinski definition) is 2. The predicted molar refractivity (Wildman–Crippen MR) is 72.9 cm³/mol. The number of H-pyrrole nitrogens is 1. The van der Waals surface area contributed by atoms with Gasteiger partial charge >= 0.3 is 5.97 Å². The number of aliphatic carboxylic acids is 1. The van der Waals surface area contributed by atoms with Gasteiger partial charge in [-0.3, -0.25) is 4.79 Å². The molecule has 0 saturated heterocycles. The van der Waals surface area contributed by atoms with Crippen molar-refractivity contribution in [3.8, 4) is 5.75 Å². The summed E-state index contributed by atoms with van der Waals surface area (Å²) in [6.07, 6.45) is 2.54. The van der Waals surface area contributed by atoms with Crippen LogP contribution in [0.4, 0.5) is 0 Å². The number of rotatable bonds is 2. The van der Waals surface area contributed by atoms with Crippen molar-refractivity contribution < 1.29 is 14.6 Å². The first-order valence-corrected chi connectivity index (χ1v) is 6.54. The molecule has 2 N–H and O–H groups in total. The van der Waals surface area contributed by atoms with Gasteiger partial charge in [0.1, 0.15) is 5.75 Å². The molecule has 1 aliphatic rings. The van der Waals surface area contributed by atoms with Gasteiger partial charge in [0.05, 0.1) is 18.5 Å². The highest BCUT2D eigenvalue weighted by Crippen LogP contribution is 2.41. The molecule has 4 nitrogen and oxygen atoms in total. The van der Waals surface area contributed by atoms with Gasteiger partial charge in [0.15, 0.2) is 0 Å². The van der Waals surface area contributed by atoms with E-state index in [1.807, 2.05) is 19.1 Å². The van der Waals surface area contributed by atoms with Crippen LogP contribution in [-0.2, 0) is 11.2 Å². The highest BCUT2D eigenvalue weighted by molar-refractivity contribution is 5.96. The van der Waals surface area contributed by atoms with E-state index >= 15 is 0 Å². The summed E-state index contributed by atoms with van der Waals surface area (Å²) in [5.41, 5.74) is 4.05. The van der Waals surface area contributed by atoms with Crippen LogP contribution in [0.15, 0.2) is 12.1 Å². The lowest BCUT2D eigenvalue weighted by Gasteiger charge is -2.19. The lowest BCUT2D eigenvalue weighted by Crippen LogP contribution is -2.17. The number of aromatic nitrogens is 1. The number of benzene rings is 1. The van der Waals surface area contributed by atoms with Gasteiger partial charge in [0.2, 0.25) is 0 Å². The van der Waals surface area contributed by atoms with Crippen LogP contribution in [0.1, 0.15) is 35.6 Å². The number of methoxy groups -OCH3 is 1. The molecule has 100 valence electrons. The molecule has 19 heavy (non-hydrogen) atoms. The van der Waals surface area contributed by atoms with Gasteiger partial charge in [0.25, 0.3) is 0 Å². The minimum atomic E-state index is -0.732. The van der Waals surface area contributed by atoms with Crippen LogP contribution in [-0.4, -0.2) is 23.2 Å². The van der Waals surface area contributed by atoms with E-state index in [1.165, 1.54) is 0 Å². The van der Waals surface area contributed by atoms with E-state index in [9.17, 15) is 9.90 Å². The number of aryl methyl sites for hydroxylation is 2. The summed E-state index contributed by atoms with van der Waals surface area (Å²) in [5.74, 6) is -0.355. The molecular weight excluding hydrogens is 242 g/mol. The summed E-state index contributed by atoms with van der Waals surface area (Å²) in [6.45, 7) is 2.02. The molecule has 1 aromatic heterocycles. The summed E-state index contributed by atoms with van der Waals surface area (Å²) in [6, 6.07) is 3.91. The number of hydrogen-bond donors (Lipinski definition) is 2. The number of fused-ring (bicyclic) bond motifs is 3. The molecule has 0 aliphatic heterocycles. The second-order valence-electron chi connectivity index (χ2n) is 5.14. The van der Waals surface area contributed by atoms with Crippen molar-refractivity contribution in [3.05, 3.63) is 29.0 Å². The topological polar surface area (TPSA) is 62.3 Å². The van der Waals surface area contributed by atoms with E-state index in [1.54, 1.807) is 7.11 Å². The molecule has 1 atom stereocenters. The molecule has 0 saturated carbocycles. The van der Waals surface area contributed by atoms with Crippen molar-refractivity contribution >= 4 is 16.9 Å². The molecule has 4 heteroatoms. The van der Waals surface area contributed by atoms with Crippen LogP contribution in [0.3, 0.4) is 0 Å². The van der Waals surface area contributed by atoms with Crippen LogP contribution in [0.2, 0.25) is 0 Å². The molecule has 1 aromatic carbocycles. The molecule has 0 amide bonds. The Morgan fingerprint density at radius 3 is 2.95 bits per heavy atom. The zero-order valence-electron chi connectivity index (χ0n) is 11.1. The minimum absolute atomic E-state index is 0.400. The first kappa shape index (κ1) is 12.1. The minimum Gasteiger partial charge on any atom is -0.495 e. The summed E-state index contributed by atoms with van der Waals surface area (Å²) < 4.78 is 5.38. The fraction of sp³-hybridized carbons (Fsp3) is 0.400. The lowest BCUT2D eigenvalue weighted by molar-refractivity contribution is -0.139. The van der Waals surface area contributed by atoms with Crippen LogP contribution < -0.4 is 4.74 Å². The molecule has 0 radical (unpaired) electrons. The van der Waals surface area contributed by atoms with E-state index < -0.39 is 11.9 Å². The number of carbonyl (C=O) groups is 1. The number of nitrogens with one attached hydrogen (secondary N) is 1. The Labute approximate surface area is 111 Å². The van der Waals surface area contributed by atoms with E-state index in [2.05, 4.69) is 4.98 Å². The molecule has 3 rings (SSSR count). The molecule has 0 bridgehead atoms. The second kappa shape index (κ2) is 4.30. The number of ether oxygens (including phenoxy) is 1. The van der Waals surface area contributed by atoms with Crippen molar-refractivity contribution in [2.24, 2.45) is 0 Å². The van der Waals surface area contributed by atoms with Gasteiger partial charge < -0.3 is 14.8 Å². The molecule has 1 aliphatic carbocycles. The first-order valence-electron chi connectivity index (χ1n) is 6.54. The average Bonchev–Trinajstić information content (AvgIpc) is 2.78.